The number of nitrogens with zero attached hydrogens (tertiary/aromatic N) is 1. The number of rotatable bonds is 11. The summed E-state index contributed by atoms with van der Waals surface area (Å²) in [4.78, 5) is 27.7. The van der Waals surface area contributed by atoms with E-state index in [1.165, 1.54) is 0 Å². The smallest absolute Gasteiger partial charge is 0.261 e. The van der Waals surface area contributed by atoms with E-state index >= 15 is 0 Å². The van der Waals surface area contributed by atoms with Crippen LogP contribution in [0.4, 0.5) is 0 Å². The van der Waals surface area contributed by atoms with E-state index in [2.05, 4.69) is 5.32 Å². The van der Waals surface area contributed by atoms with Crippen molar-refractivity contribution in [2.24, 2.45) is 5.92 Å². The minimum absolute atomic E-state index is 0.130. The van der Waals surface area contributed by atoms with Gasteiger partial charge >= 0.3 is 0 Å². The monoisotopic (exact) mass is 426 g/mol. The molecule has 31 heavy (non-hydrogen) atoms. The molecule has 1 N–H and O–H groups in total. The molecule has 0 fully saturated rings. The van der Waals surface area contributed by atoms with E-state index in [4.69, 9.17) is 9.47 Å². The molecule has 0 saturated carbocycles. The van der Waals surface area contributed by atoms with E-state index < -0.39 is 6.04 Å². The van der Waals surface area contributed by atoms with Crippen molar-refractivity contribution >= 4 is 11.8 Å². The quantitative estimate of drug-likeness (QED) is 0.591. The van der Waals surface area contributed by atoms with Gasteiger partial charge in [-0.2, -0.15) is 0 Å². The zero-order chi connectivity index (χ0) is 22.8. The minimum atomic E-state index is -0.575. The zero-order valence-electron chi connectivity index (χ0n) is 19.2. The lowest BCUT2D eigenvalue weighted by molar-refractivity contribution is -0.143. The van der Waals surface area contributed by atoms with E-state index in [1.54, 1.807) is 12.0 Å². The molecule has 0 aliphatic carbocycles. The van der Waals surface area contributed by atoms with Crippen LogP contribution in [0.2, 0.25) is 0 Å². The van der Waals surface area contributed by atoms with Crippen LogP contribution in [0.5, 0.6) is 11.5 Å². The van der Waals surface area contributed by atoms with Gasteiger partial charge in [-0.25, -0.2) is 0 Å². The first-order valence-electron chi connectivity index (χ1n) is 10.7. The second-order valence-electron chi connectivity index (χ2n) is 7.99. The molecular weight excluding hydrogens is 392 g/mol. The molecule has 0 unspecified atom stereocenters. The Bertz CT molecular complexity index is 849. The van der Waals surface area contributed by atoms with Crippen molar-refractivity contribution in [1.29, 1.82) is 0 Å². The fourth-order valence-electron chi connectivity index (χ4n) is 3.21. The predicted molar refractivity (Wildman–Crippen MR) is 122 cm³/mol. The first-order chi connectivity index (χ1) is 14.8. The molecule has 0 aliphatic heterocycles. The topological polar surface area (TPSA) is 67.9 Å². The van der Waals surface area contributed by atoms with E-state index in [9.17, 15) is 9.59 Å². The highest BCUT2D eigenvalue weighted by Gasteiger charge is 2.29. The maximum absolute atomic E-state index is 13.2. The maximum Gasteiger partial charge on any atom is 0.261 e. The van der Waals surface area contributed by atoms with E-state index in [1.807, 2.05) is 76.2 Å². The summed E-state index contributed by atoms with van der Waals surface area (Å²) < 4.78 is 11.0. The van der Waals surface area contributed by atoms with Crippen LogP contribution in [-0.4, -0.2) is 43.0 Å². The number of ether oxygens (including phenoxy) is 2. The second kappa shape index (κ2) is 12.0. The lowest BCUT2D eigenvalue weighted by Gasteiger charge is -2.31. The van der Waals surface area contributed by atoms with E-state index in [0.29, 0.717) is 31.2 Å². The highest BCUT2D eigenvalue weighted by atomic mass is 16.5. The number of hydrogen-bond acceptors (Lipinski definition) is 4. The molecule has 2 rings (SSSR count). The molecule has 1 atom stereocenters. The van der Waals surface area contributed by atoms with Gasteiger partial charge < -0.3 is 19.7 Å². The van der Waals surface area contributed by atoms with Gasteiger partial charge in [-0.3, -0.25) is 9.59 Å². The van der Waals surface area contributed by atoms with Crippen LogP contribution in [0.3, 0.4) is 0 Å². The van der Waals surface area contributed by atoms with Crippen molar-refractivity contribution in [1.82, 2.24) is 10.2 Å². The third-order valence-corrected chi connectivity index (χ3v) is 5.03. The zero-order valence-corrected chi connectivity index (χ0v) is 19.2. The molecule has 2 aromatic carbocycles. The van der Waals surface area contributed by atoms with Crippen molar-refractivity contribution < 1.29 is 19.1 Å². The van der Waals surface area contributed by atoms with Gasteiger partial charge in [0.2, 0.25) is 5.91 Å². The molecule has 2 amide bonds. The number of para-hydroxylation sites is 1. The first kappa shape index (κ1) is 24.3. The number of carbonyl (C=O) groups excluding carboxylic acids is 2. The first-order valence-corrected chi connectivity index (χ1v) is 10.7. The molecule has 0 aliphatic rings. The summed E-state index contributed by atoms with van der Waals surface area (Å²) in [6.45, 7) is 8.68. The Morgan fingerprint density at radius 1 is 1.06 bits per heavy atom. The van der Waals surface area contributed by atoms with Crippen molar-refractivity contribution in [2.75, 3.05) is 20.3 Å². The third kappa shape index (κ3) is 7.31. The van der Waals surface area contributed by atoms with Crippen LogP contribution in [-0.2, 0) is 16.1 Å². The van der Waals surface area contributed by atoms with Gasteiger partial charge in [0.25, 0.3) is 5.91 Å². The molecule has 0 bridgehead atoms. The fourth-order valence-corrected chi connectivity index (χ4v) is 3.21. The Balaban J connectivity index is 2.20. The number of aryl methyl sites for hydroxylation is 1. The molecule has 6 nitrogen and oxygen atoms in total. The highest BCUT2D eigenvalue weighted by Crippen LogP contribution is 2.19. The molecule has 0 aromatic heterocycles. The summed E-state index contributed by atoms with van der Waals surface area (Å²) in [5, 5.41) is 2.96. The SMILES string of the molecule is CC[C@@H](C(=O)NCC(C)C)N(Cc1ccc(OC)cc1)C(=O)COc1ccccc1C. The van der Waals surface area contributed by atoms with E-state index in [0.717, 1.165) is 16.9 Å². The molecule has 0 saturated heterocycles. The highest BCUT2D eigenvalue weighted by molar-refractivity contribution is 5.88. The molecule has 2 aromatic rings. The lowest BCUT2D eigenvalue weighted by atomic mass is 10.1. The van der Waals surface area contributed by atoms with Crippen molar-refractivity contribution in [3.63, 3.8) is 0 Å². The van der Waals surface area contributed by atoms with Crippen LogP contribution in [0.25, 0.3) is 0 Å². The number of carbonyl (C=O) groups is 2. The Hall–Kier alpha value is -3.02. The van der Waals surface area contributed by atoms with Crippen molar-refractivity contribution in [2.45, 2.75) is 46.7 Å². The third-order valence-electron chi connectivity index (χ3n) is 5.03. The van der Waals surface area contributed by atoms with Gasteiger partial charge in [0.15, 0.2) is 6.61 Å². The molecule has 0 heterocycles. The summed E-state index contributed by atoms with van der Waals surface area (Å²) in [6, 6.07) is 14.5. The van der Waals surface area contributed by atoms with Gasteiger partial charge in [-0.15, -0.1) is 0 Å². The normalized spacial score (nSPS) is 11.7. The van der Waals surface area contributed by atoms with Gasteiger partial charge in [0.05, 0.1) is 7.11 Å². The van der Waals surface area contributed by atoms with Crippen LogP contribution in [0, 0.1) is 12.8 Å². The summed E-state index contributed by atoms with van der Waals surface area (Å²) in [7, 11) is 1.61. The molecule has 6 heteroatoms. The Kier molecular flexibility index (Phi) is 9.38. The molecule has 168 valence electrons. The lowest BCUT2D eigenvalue weighted by Crippen LogP contribution is -2.50. The number of hydrogen-bond donors (Lipinski definition) is 1. The van der Waals surface area contributed by atoms with Crippen LogP contribution >= 0.6 is 0 Å². The number of benzene rings is 2. The Morgan fingerprint density at radius 3 is 2.32 bits per heavy atom. The maximum atomic E-state index is 13.2. The Labute approximate surface area is 185 Å². The number of amides is 2. The largest absolute Gasteiger partial charge is 0.497 e. The van der Waals surface area contributed by atoms with Gasteiger partial charge in [-0.1, -0.05) is 51.1 Å². The molecule has 0 radical (unpaired) electrons. The Morgan fingerprint density at radius 2 is 1.74 bits per heavy atom. The molecule has 0 spiro atoms. The summed E-state index contributed by atoms with van der Waals surface area (Å²) in [6.07, 6.45) is 0.510. The number of methoxy groups -OCH3 is 1. The fraction of sp³-hybridized carbons (Fsp3) is 0.440. The average molecular weight is 427 g/mol. The summed E-state index contributed by atoms with van der Waals surface area (Å²) >= 11 is 0. The average Bonchev–Trinajstić information content (AvgIpc) is 2.77. The van der Waals surface area contributed by atoms with E-state index in [-0.39, 0.29) is 18.4 Å². The van der Waals surface area contributed by atoms with Crippen LogP contribution < -0.4 is 14.8 Å². The van der Waals surface area contributed by atoms with Crippen LogP contribution in [0.15, 0.2) is 48.5 Å². The summed E-state index contributed by atoms with van der Waals surface area (Å²) in [5.74, 6) is 1.36. The van der Waals surface area contributed by atoms with Gasteiger partial charge in [-0.05, 0) is 48.6 Å². The minimum Gasteiger partial charge on any atom is -0.497 e. The van der Waals surface area contributed by atoms with Crippen molar-refractivity contribution in [3.8, 4) is 11.5 Å². The molecular formula is C25H34N2O4. The van der Waals surface area contributed by atoms with Crippen LogP contribution in [0.1, 0.15) is 38.3 Å². The second-order valence-corrected chi connectivity index (χ2v) is 7.99. The summed E-state index contributed by atoms with van der Waals surface area (Å²) in [5.41, 5.74) is 1.87. The van der Waals surface area contributed by atoms with Gasteiger partial charge in [0, 0.05) is 13.1 Å². The predicted octanol–water partition coefficient (Wildman–Crippen LogP) is 3.96. The standard InChI is InChI=1S/C25H34N2O4/c1-6-22(25(29)26-15-18(2)3)27(16-20-11-13-21(30-5)14-12-20)24(28)17-31-23-10-8-7-9-19(23)4/h7-14,18,22H,6,15-17H2,1-5H3,(H,26,29)/t22-/m0/s1. The van der Waals surface area contributed by atoms with Gasteiger partial charge in [0.1, 0.15) is 17.5 Å². The van der Waals surface area contributed by atoms with Crippen molar-refractivity contribution in [3.05, 3.63) is 59.7 Å². The number of nitrogens with one attached hydrogen (secondary N) is 1.